The number of carbonyl (C=O) groups excluding carboxylic acids is 1. The lowest BCUT2D eigenvalue weighted by Crippen LogP contribution is -2.07. The molecule has 4 heterocycles. The Balaban J connectivity index is 1.74. The fourth-order valence-electron chi connectivity index (χ4n) is 2.69. The van der Waals surface area contributed by atoms with Crippen molar-refractivity contribution in [2.75, 3.05) is 12.4 Å². The van der Waals surface area contributed by atoms with Crippen LogP contribution in [0.2, 0.25) is 0 Å². The predicted molar refractivity (Wildman–Crippen MR) is 100 cm³/mol. The van der Waals surface area contributed by atoms with E-state index in [4.69, 9.17) is 9.15 Å². The molecular weight excluding hydrogens is 346 g/mol. The van der Waals surface area contributed by atoms with E-state index in [9.17, 15) is 4.79 Å². The van der Waals surface area contributed by atoms with Gasteiger partial charge in [-0.15, -0.1) is 0 Å². The number of hydrogen-bond acceptors (Lipinski definition) is 6. The molecule has 8 heteroatoms. The first-order chi connectivity index (χ1) is 13.2. The molecule has 0 aliphatic rings. The van der Waals surface area contributed by atoms with Crippen LogP contribution < -0.4 is 10.1 Å². The van der Waals surface area contributed by atoms with Crippen molar-refractivity contribution in [3.8, 4) is 28.5 Å². The van der Waals surface area contributed by atoms with E-state index in [1.165, 1.54) is 6.26 Å². The summed E-state index contributed by atoms with van der Waals surface area (Å²) in [6.45, 7) is 3.40. The Kier molecular flexibility index (Phi) is 4.13. The van der Waals surface area contributed by atoms with Crippen molar-refractivity contribution in [1.82, 2.24) is 19.9 Å². The highest BCUT2D eigenvalue weighted by Gasteiger charge is 2.13. The molecule has 0 spiro atoms. The molecule has 0 radical (unpaired) electrons. The molecule has 8 nitrogen and oxygen atoms in total. The van der Waals surface area contributed by atoms with Crippen LogP contribution in [-0.2, 0) is 4.79 Å². The molecular formula is C19H15N5O3. The summed E-state index contributed by atoms with van der Waals surface area (Å²) >= 11 is 0. The van der Waals surface area contributed by atoms with E-state index in [-0.39, 0.29) is 5.91 Å². The number of aromatic amines is 1. The van der Waals surface area contributed by atoms with E-state index in [1.54, 1.807) is 19.5 Å². The van der Waals surface area contributed by atoms with Crippen LogP contribution in [0.1, 0.15) is 0 Å². The Morgan fingerprint density at radius 2 is 2.22 bits per heavy atom. The second-order valence-electron chi connectivity index (χ2n) is 5.64. The summed E-state index contributed by atoms with van der Waals surface area (Å²) < 4.78 is 10.7. The van der Waals surface area contributed by atoms with Gasteiger partial charge in [-0.25, -0.2) is 9.97 Å². The summed E-state index contributed by atoms with van der Waals surface area (Å²) in [5.74, 6) is 0.829. The van der Waals surface area contributed by atoms with Crippen molar-refractivity contribution in [3.63, 3.8) is 0 Å². The van der Waals surface area contributed by atoms with E-state index in [2.05, 4.69) is 31.8 Å². The zero-order chi connectivity index (χ0) is 18.8. The largest absolute Gasteiger partial charge is 0.481 e. The number of nitrogens with zero attached hydrogens (tertiary/aromatic N) is 3. The second-order valence-corrected chi connectivity index (χ2v) is 5.64. The lowest BCUT2D eigenvalue weighted by molar-refractivity contribution is -0.111. The molecule has 0 fully saturated rings. The maximum Gasteiger partial charge on any atom is 0.249 e. The van der Waals surface area contributed by atoms with Gasteiger partial charge in [-0.05, 0) is 23.8 Å². The van der Waals surface area contributed by atoms with Crippen LogP contribution in [0, 0.1) is 0 Å². The minimum Gasteiger partial charge on any atom is -0.481 e. The molecule has 0 unspecified atom stereocenters. The highest BCUT2D eigenvalue weighted by Crippen LogP contribution is 2.32. The van der Waals surface area contributed by atoms with Crippen LogP contribution in [0.25, 0.3) is 33.6 Å². The molecule has 0 aromatic carbocycles. The van der Waals surface area contributed by atoms with Gasteiger partial charge < -0.3 is 19.5 Å². The monoisotopic (exact) mass is 361 g/mol. The van der Waals surface area contributed by atoms with Gasteiger partial charge in [0.15, 0.2) is 5.82 Å². The number of pyridine rings is 2. The number of nitrogens with one attached hydrogen (secondary N) is 2. The quantitative estimate of drug-likeness (QED) is 0.528. The van der Waals surface area contributed by atoms with Crippen LogP contribution in [0.5, 0.6) is 5.88 Å². The van der Waals surface area contributed by atoms with Gasteiger partial charge in [0.25, 0.3) is 0 Å². The number of aromatic nitrogens is 4. The number of methoxy groups -OCH3 is 1. The lowest BCUT2D eigenvalue weighted by Gasteiger charge is -2.03. The van der Waals surface area contributed by atoms with Crippen molar-refractivity contribution in [2.45, 2.75) is 0 Å². The topological polar surface area (TPSA) is 106 Å². The fraction of sp³-hybridized carbons (Fsp3) is 0.0526. The number of fused-ring (bicyclic) bond motifs is 1. The third-order valence-electron chi connectivity index (χ3n) is 3.97. The number of ether oxygens (including phenoxy) is 1. The lowest BCUT2D eigenvalue weighted by atomic mass is 10.1. The van der Waals surface area contributed by atoms with Crippen LogP contribution in [-0.4, -0.2) is 33.0 Å². The first-order valence-electron chi connectivity index (χ1n) is 8.05. The zero-order valence-corrected chi connectivity index (χ0v) is 14.4. The normalized spacial score (nSPS) is 10.7. The summed E-state index contributed by atoms with van der Waals surface area (Å²) in [5.41, 5.74) is 3.31. The maximum atomic E-state index is 11.4. The van der Waals surface area contributed by atoms with E-state index in [0.717, 1.165) is 28.2 Å². The fourth-order valence-corrected chi connectivity index (χ4v) is 2.69. The molecule has 0 saturated heterocycles. The van der Waals surface area contributed by atoms with Gasteiger partial charge >= 0.3 is 0 Å². The number of hydrogen-bond donors (Lipinski definition) is 2. The van der Waals surface area contributed by atoms with Gasteiger partial charge in [-0.1, -0.05) is 6.58 Å². The average molecular weight is 361 g/mol. The molecule has 4 aromatic rings. The molecule has 2 N–H and O–H groups in total. The van der Waals surface area contributed by atoms with Crippen molar-refractivity contribution >= 4 is 22.8 Å². The summed E-state index contributed by atoms with van der Waals surface area (Å²) in [7, 11) is 1.58. The smallest absolute Gasteiger partial charge is 0.249 e. The van der Waals surface area contributed by atoms with Crippen LogP contribution in [0.15, 0.2) is 60.1 Å². The molecule has 27 heavy (non-hydrogen) atoms. The van der Waals surface area contributed by atoms with Gasteiger partial charge in [-0.2, -0.15) is 4.98 Å². The highest BCUT2D eigenvalue weighted by atomic mass is 16.5. The summed E-state index contributed by atoms with van der Waals surface area (Å²) in [6, 6.07) is 5.67. The van der Waals surface area contributed by atoms with E-state index in [1.807, 2.05) is 24.4 Å². The first-order valence-corrected chi connectivity index (χ1v) is 8.05. The Morgan fingerprint density at radius 3 is 3.04 bits per heavy atom. The number of amides is 1. The second kappa shape index (κ2) is 6.75. The SMILES string of the molecule is C=CC(=O)Nc1coc(-c2cnc3[nH]cc(-c4ccnc(OC)c4)c3c2)n1. The number of carbonyl (C=O) groups is 1. The molecule has 4 rings (SSSR count). The van der Waals surface area contributed by atoms with Crippen molar-refractivity contribution in [2.24, 2.45) is 0 Å². The Morgan fingerprint density at radius 1 is 1.33 bits per heavy atom. The molecule has 0 saturated carbocycles. The molecule has 0 aliphatic carbocycles. The summed E-state index contributed by atoms with van der Waals surface area (Å²) in [5, 5.41) is 3.45. The minimum absolute atomic E-state index is 0.308. The van der Waals surface area contributed by atoms with Gasteiger partial charge in [0.1, 0.15) is 11.9 Å². The Bertz CT molecular complexity index is 1150. The third kappa shape index (κ3) is 3.15. The van der Waals surface area contributed by atoms with Gasteiger partial charge in [0.2, 0.25) is 17.7 Å². The molecule has 0 aliphatic heterocycles. The Labute approximate surface area is 153 Å². The van der Waals surface area contributed by atoms with Crippen LogP contribution in [0.4, 0.5) is 5.82 Å². The van der Waals surface area contributed by atoms with Crippen molar-refractivity contribution in [3.05, 3.63) is 55.7 Å². The minimum atomic E-state index is -0.358. The molecule has 134 valence electrons. The highest BCUT2D eigenvalue weighted by molar-refractivity contribution is 5.98. The zero-order valence-electron chi connectivity index (χ0n) is 14.4. The van der Waals surface area contributed by atoms with E-state index >= 15 is 0 Å². The molecule has 0 bridgehead atoms. The molecule has 0 atom stereocenters. The van der Waals surface area contributed by atoms with Crippen LogP contribution in [0.3, 0.4) is 0 Å². The number of H-pyrrole nitrogens is 1. The van der Waals surface area contributed by atoms with E-state index in [0.29, 0.717) is 23.2 Å². The predicted octanol–water partition coefficient (Wildman–Crippen LogP) is 3.41. The summed E-state index contributed by atoms with van der Waals surface area (Å²) in [6.07, 6.45) is 7.75. The molecule has 1 amide bonds. The third-order valence-corrected chi connectivity index (χ3v) is 3.97. The number of rotatable bonds is 5. The van der Waals surface area contributed by atoms with Gasteiger partial charge in [-0.3, -0.25) is 4.79 Å². The average Bonchev–Trinajstić information content (AvgIpc) is 3.34. The Hall–Kier alpha value is -3.94. The van der Waals surface area contributed by atoms with E-state index < -0.39 is 0 Å². The summed E-state index contributed by atoms with van der Waals surface area (Å²) in [4.78, 5) is 27.3. The maximum absolute atomic E-state index is 11.4. The number of anilines is 1. The van der Waals surface area contributed by atoms with Crippen molar-refractivity contribution < 1.29 is 13.9 Å². The number of oxazole rings is 1. The van der Waals surface area contributed by atoms with Crippen LogP contribution >= 0.6 is 0 Å². The first kappa shape index (κ1) is 16.5. The van der Waals surface area contributed by atoms with Gasteiger partial charge in [0, 0.05) is 35.6 Å². The van der Waals surface area contributed by atoms with Gasteiger partial charge in [0.05, 0.1) is 12.7 Å². The molecule has 4 aromatic heterocycles. The standard InChI is InChI=1S/C19H15N5O3/c1-3-16(25)23-15-10-27-19(24-15)12-6-13-14(9-22-18(13)21-8-12)11-4-5-20-17(7-11)26-2/h3-10H,1H2,2H3,(H,21,22)(H,23,25). The van der Waals surface area contributed by atoms with Crippen molar-refractivity contribution in [1.29, 1.82) is 0 Å².